The Labute approximate surface area is 132 Å². The zero-order valence-electron chi connectivity index (χ0n) is 10.8. The first-order valence-corrected chi connectivity index (χ1v) is 8.40. The number of hydrogen-bond donors (Lipinski definition) is 0. The molecule has 0 spiro atoms. The number of benzene rings is 2. The molecule has 0 aliphatic carbocycles. The van der Waals surface area contributed by atoms with E-state index in [4.69, 9.17) is 27.9 Å². The van der Waals surface area contributed by atoms with Gasteiger partial charge in [0.05, 0.1) is 20.5 Å². The summed E-state index contributed by atoms with van der Waals surface area (Å²) in [7, 11) is -3.45. The van der Waals surface area contributed by atoms with Gasteiger partial charge in [0, 0.05) is 6.26 Å². The maximum atomic E-state index is 12.1. The molecule has 0 bridgehead atoms. The molecule has 2 aromatic carbocycles. The number of sulfone groups is 1. The van der Waals surface area contributed by atoms with Crippen LogP contribution in [0.2, 0.25) is 10.0 Å². The van der Waals surface area contributed by atoms with Gasteiger partial charge in [0.25, 0.3) is 0 Å². The van der Waals surface area contributed by atoms with E-state index in [0.29, 0.717) is 0 Å². The Balaban J connectivity index is 2.38. The van der Waals surface area contributed by atoms with Crippen LogP contribution in [0.15, 0.2) is 47.4 Å². The molecule has 0 aliphatic heterocycles. The molecule has 0 radical (unpaired) electrons. The van der Waals surface area contributed by atoms with Crippen LogP contribution in [0.3, 0.4) is 0 Å². The molecule has 0 aliphatic rings. The lowest BCUT2D eigenvalue weighted by Crippen LogP contribution is -2.11. The van der Waals surface area contributed by atoms with Crippen LogP contribution < -0.4 is 4.74 Å². The number of halogens is 2. The van der Waals surface area contributed by atoms with Crippen LogP contribution in [-0.4, -0.2) is 20.6 Å². The topological polar surface area (TPSA) is 60.4 Å². The largest absolute Gasteiger partial charge is 0.421 e. The number of ether oxygens (including phenoxy) is 1. The summed E-state index contributed by atoms with van der Waals surface area (Å²) in [6.45, 7) is 0. The third-order valence-corrected chi connectivity index (χ3v) is 4.38. The third kappa shape index (κ3) is 3.75. The summed E-state index contributed by atoms with van der Waals surface area (Å²) < 4.78 is 28.2. The molecule has 7 heteroatoms. The van der Waals surface area contributed by atoms with E-state index in [-0.39, 0.29) is 26.3 Å². The van der Waals surface area contributed by atoms with Gasteiger partial charge in [0.2, 0.25) is 0 Å². The Morgan fingerprint density at radius 1 is 1.05 bits per heavy atom. The molecule has 2 aromatic rings. The fraction of sp³-hybridized carbons (Fsp3) is 0.0714. The number of carbonyl (C=O) groups is 1. The zero-order chi connectivity index (χ0) is 15.6. The Bertz CT molecular complexity index is 800. The van der Waals surface area contributed by atoms with Crippen molar-refractivity contribution in [3.8, 4) is 5.75 Å². The van der Waals surface area contributed by atoms with Crippen LogP contribution >= 0.6 is 23.2 Å². The van der Waals surface area contributed by atoms with Crippen molar-refractivity contribution in [3.63, 3.8) is 0 Å². The van der Waals surface area contributed by atoms with Gasteiger partial charge in [-0.3, -0.25) is 0 Å². The summed E-state index contributed by atoms with van der Waals surface area (Å²) >= 11 is 11.8. The van der Waals surface area contributed by atoms with Crippen LogP contribution in [0.25, 0.3) is 0 Å². The third-order valence-electron chi connectivity index (χ3n) is 2.63. The van der Waals surface area contributed by atoms with E-state index in [1.54, 1.807) is 18.2 Å². The van der Waals surface area contributed by atoms with E-state index in [9.17, 15) is 13.2 Å². The highest BCUT2D eigenvalue weighted by molar-refractivity contribution is 7.90. The average Bonchev–Trinajstić information content (AvgIpc) is 2.40. The lowest BCUT2D eigenvalue weighted by atomic mass is 10.2. The maximum Gasteiger partial charge on any atom is 0.345 e. The Morgan fingerprint density at radius 2 is 1.71 bits per heavy atom. The van der Waals surface area contributed by atoms with Gasteiger partial charge in [-0.1, -0.05) is 35.3 Å². The van der Waals surface area contributed by atoms with Crippen LogP contribution in [-0.2, 0) is 9.84 Å². The first kappa shape index (κ1) is 15.8. The monoisotopic (exact) mass is 344 g/mol. The van der Waals surface area contributed by atoms with Gasteiger partial charge in [0.15, 0.2) is 9.84 Å². The minimum atomic E-state index is -3.45. The number of carbonyl (C=O) groups excluding carboxylic acids is 1. The molecular weight excluding hydrogens is 335 g/mol. The van der Waals surface area contributed by atoms with Crippen molar-refractivity contribution in [1.29, 1.82) is 0 Å². The quantitative estimate of drug-likeness (QED) is 0.630. The van der Waals surface area contributed by atoms with E-state index in [2.05, 4.69) is 0 Å². The zero-order valence-corrected chi connectivity index (χ0v) is 13.2. The van der Waals surface area contributed by atoms with Crippen LogP contribution in [0.5, 0.6) is 5.75 Å². The van der Waals surface area contributed by atoms with Crippen molar-refractivity contribution in [2.45, 2.75) is 4.90 Å². The number of para-hydroxylation sites is 1. The highest BCUT2D eigenvalue weighted by Crippen LogP contribution is 2.26. The van der Waals surface area contributed by atoms with E-state index in [0.717, 1.165) is 6.26 Å². The predicted molar refractivity (Wildman–Crippen MR) is 81.0 cm³/mol. The normalized spacial score (nSPS) is 11.2. The fourth-order valence-corrected chi connectivity index (χ4v) is 2.59. The van der Waals surface area contributed by atoms with Gasteiger partial charge in [-0.05, 0) is 30.3 Å². The SMILES string of the molecule is CS(=O)(=O)c1ccc(Cl)c(C(=O)Oc2ccccc2Cl)c1. The molecule has 0 aromatic heterocycles. The molecule has 0 N–H and O–H groups in total. The molecule has 110 valence electrons. The van der Waals surface area contributed by atoms with Crippen molar-refractivity contribution < 1.29 is 17.9 Å². The van der Waals surface area contributed by atoms with Crippen molar-refractivity contribution in [1.82, 2.24) is 0 Å². The van der Waals surface area contributed by atoms with E-state index >= 15 is 0 Å². The first-order chi connectivity index (χ1) is 9.79. The molecule has 0 heterocycles. The minimum Gasteiger partial charge on any atom is -0.421 e. The van der Waals surface area contributed by atoms with E-state index < -0.39 is 15.8 Å². The summed E-state index contributed by atoms with van der Waals surface area (Å²) in [5.41, 5.74) is -0.0421. The summed E-state index contributed by atoms with van der Waals surface area (Å²) in [6, 6.07) is 10.3. The van der Waals surface area contributed by atoms with Gasteiger partial charge >= 0.3 is 5.97 Å². The van der Waals surface area contributed by atoms with Gasteiger partial charge in [-0.15, -0.1) is 0 Å². The van der Waals surface area contributed by atoms with Gasteiger partial charge in [-0.25, -0.2) is 13.2 Å². The van der Waals surface area contributed by atoms with E-state index in [1.165, 1.54) is 24.3 Å². The molecule has 0 amide bonds. The van der Waals surface area contributed by atoms with E-state index in [1.807, 2.05) is 0 Å². The summed E-state index contributed by atoms with van der Waals surface area (Å²) in [5, 5.41) is 0.362. The molecule has 0 unspecified atom stereocenters. The fourth-order valence-electron chi connectivity index (χ4n) is 1.57. The lowest BCUT2D eigenvalue weighted by Gasteiger charge is -2.08. The van der Waals surface area contributed by atoms with Crippen molar-refractivity contribution in [3.05, 3.63) is 58.1 Å². The Morgan fingerprint density at radius 3 is 2.33 bits per heavy atom. The molecule has 0 atom stereocenters. The highest BCUT2D eigenvalue weighted by Gasteiger charge is 2.18. The van der Waals surface area contributed by atoms with Crippen LogP contribution in [0, 0.1) is 0 Å². The number of hydrogen-bond acceptors (Lipinski definition) is 4. The summed E-state index contributed by atoms with van der Waals surface area (Å²) in [5.74, 6) is -0.608. The molecule has 0 saturated carbocycles. The number of rotatable bonds is 3. The maximum absolute atomic E-state index is 12.1. The summed E-state index contributed by atoms with van der Waals surface area (Å²) in [6.07, 6.45) is 1.04. The van der Waals surface area contributed by atoms with Gasteiger partial charge < -0.3 is 4.74 Å². The smallest absolute Gasteiger partial charge is 0.345 e. The van der Waals surface area contributed by atoms with Gasteiger partial charge in [-0.2, -0.15) is 0 Å². The second-order valence-electron chi connectivity index (χ2n) is 4.23. The molecule has 21 heavy (non-hydrogen) atoms. The highest BCUT2D eigenvalue weighted by atomic mass is 35.5. The minimum absolute atomic E-state index is 0.0157. The molecule has 0 saturated heterocycles. The van der Waals surface area contributed by atoms with Crippen LogP contribution in [0.1, 0.15) is 10.4 Å². The Kier molecular flexibility index (Phi) is 4.56. The molecule has 4 nitrogen and oxygen atoms in total. The lowest BCUT2D eigenvalue weighted by molar-refractivity contribution is 0.0735. The standard InChI is InChI=1S/C14H10Cl2O4S/c1-21(18,19)9-6-7-11(15)10(8-9)14(17)20-13-5-3-2-4-12(13)16/h2-8H,1H3. The second-order valence-corrected chi connectivity index (χ2v) is 7.06. The molecule has 2 rings (SSSR count). The number of esters is 1. The second kappa shape index (κ2) is 6.05. The van der Waals surface area contributed by atoms with Crippen LogP contribution in [0.4, 0.5) is 0 Å². The first-order valence-electron chi connectivity index (χ1n) is 5.75. The predicted octanol–water partition coefficient (Wildman–Crippen LogP) is 3.62. The van der Waals surface area contributed by atoms with Crippen molar-refractivity contribution in [2.75, 3.05) is 6.26 Å². The summed E-state index contributed by atoms with van der Waals surface area (Å²) in [4.78, 5) is 12.1. The molecular formula is C14H10Cl2O4S. The van der Waals surface area contributed by atoms with Crippen molar-refractivity contribution in [2.24, 2.45) is 0 Å². The van der Waals surface area contributed by atoms with Crippen molar-refractivity contribution >= 4 is 39.0 Å². The average molecular weight is 345 g/mol. The Hall–Kier alpha value is -1.56. The van der Waals surface area contributed by atoms with Gasteiger partial charge in [0.1, 0.15) is 5.75 Å². The molecule has 0 fully saturated rings.